The van der Waals surface area contributed by atoms with Crippen LogP contribution in [0.3, 0.4) is 0 Å². The van der Waals surface area contributed by atoms with E-state index in [0.29, 0.717) is 10.9 Å². The quantitative estimate of drug-likeness (QED) is 0.934. The van der Waals surface area contributed by atoms with Gasteiger partial charge in [0.25, 0.3) is 0 Å². The van der Waals surface area contributed by atoms with Crippen LogP contribution < -0.4 is 5.73 Å². The first-order valence-corrected chi connectivity index (χ1v) is 6.59. The van der Waals surface area contributed by atoms with Crippen LogP contribution in [-0.4, -0.2) is 9.97 Å². The lowest BCUT2D eigenvalue weighted by atomic mass is 10.2. The van der Waals surface area contributed by atoms with Gasteiger partial charge in [0.05, 0.1) is 10.2 Å². The third kappa shape index (κ3) is 3.07. The normalized spacial score (nSPS) is 10.7. The smallest absolute Gasteiger partial charge is 0.162 e. The van der Waals surface area contributed by atoms with Crippen LogP contribution >= 0.6 is 15.9 Å². The Hall–Kier alpha value is -1.56. The van der Waals surface area contributed by atoms with Crippen molar-refractivity contribution in [3.05, 3.63) is 40.0 Å². The molecule has 0 bridgehead atoms. The molecule has 2 rings (SSSR count). The molecule has 0 saturated carbocycles. The van der Waals surface area contributed by atoms with Crippen molar-refractivity contribution < 1.29 is 8.78 Å². The SMILES string of the molecule is CCCc1nc(-c2cc(F)cc(F)c2)nc(N)c1Br. The van der Waals surface area contributed by atoms with Crippen LogP contribution in [0.1, 0.15) is 19.0 Å². The van der Waals surface area contributed by atoms with Gasteiger partial charge in [0, 0.05) is 11.6 Å². The number of aryl methyl sites for hydroxylation is 1. The number of hydrogen-bond donors (Lipinski definition) is 1. The fraction of sp³-hybridized carbons (Fsp3) is 0.231. The van der Waals surface area contributed by atoms with Crippen molar-refractivity contribution in [1.29, 1.82) is 0 Å². The van der Waals surface area contributed by atoms with Crippen molar-refractivity contribution in [2.75, 3.05) is 5.73 Å². The van der Waals surface area contributed by atoms with E-state index in [9.17, 15) is 8.78 Å². The maximum Gasteiger partial charge on any atom is 0.162 e. The van der Waals surface area contributed by atoms with Crippen LogP contribution in [0, 0.1) is 11.6 Å². The second-order valence-corrected chi connectivity index (χ2v) is 4.89. The van der Waals surface area contributed by atoms with Crippen molar-refractivity contribution in [1.82, 2.24) is 9.97 Å². The minimum Gasteiger partial charge on any atom is -0.383 e. The van der Waals surface area contributed by atoms with Crippen molar-refractivity contribution in [2.45, 2.75) is 19.8 Å². The lowest BCUT2D eigenvalue weighted by Gasteiger charge is -2.08. The highest BCUT2D eigenvalue weighted by atomic mass is 79.9. The number of hydrogen-bond acceptors (Lipinski definition) is 3. The molecule has 6 heteroatoms. The first kappa shape index (κ1) is 13.9. The molecule has 2 N–H and O–H groups in total. The molecule has 0 aliphatic heterocycles. The molecule has 0 aliphatic carbocycles. The van der Waals surface area contributed by atoms with Gasteiger partial charge in [-0.15, -0.1) is 0 Å². The summed E-state index contributed by atoms with van der Waals surface area (Å²) in [5.74, 6) is -0.852. The van der Waals surface area contributed by atoms with Crippen molar-refractivity contribution >= 4 is 21.7 Å². The van der Waals surface area contributed by atoms with Crippen molar-refractivity contribution in [2.24, 2.45) is 0 Å². The van der Waals surface area contributed by atoms with E-state index in [4.69, 9.17) is 5.73 Å². The summed E-state index contributed by atoms with van der Waals surface area (Å²) in [6.07, 6.45) is 1.59. The van der Waals surface area contributed by atoms with Gasteiger partial charge in [-0.25, -0.2) is 18.7 Å². The molecule has 100 valence electrons. The second-order valence-electron chi connectivity index (χ2n) is 4.10. The number of benzene rings is 1. The predicted molar refractivity (Wildman–Crippen MR) is 73.5 cm³/mol. The van der Waals surface area contributed by atoms with Crippen LogP contribution in [0.5, 0.6) is 0 Å². The van der Waals surface area contributed by atoms with E-state index in [0.717, 1.165) is 18.2 Å². The van der Waals surface area contributed by atoms with E-state index in [1.54, 1.807) is 0 Å². The van der Waals surface area contributed by atoms with Gasteiger partial charge in [0.15, 0.2) is 5.82 Å². The van der Waals surface area contributed by atoms with E-state index in [1.165, 1.54) is 12.1 Å². The molecule has 2 aromatic rings. The van der Waals surface area contributed by atoms with E-state index >= 15 is 0 Å². The third-order valence-corrected chi connectivity index (χ3v) is 3.42. The molecule has 1 aromatic heterocycles. The van der Waals surface area contributed by atoms with Gasteiger partial charge < -0.3 is 5.73 Å². The summed E-state index contributed by atoms with van der Waals surface area (Å²) in [7, 11) is 0. The van der Waals surface area contributed by atoms with Crippen LogP contribution in [0.15, 0.2) is 22.7 Å². The Kier molecular flexibility index (Phi) is 4.09. The summed E-state index contributed by atoms with van der Waals surface area (Å²) in [5.41, 5.74) is 6.78. The first-order valence-electron chi connectivity index (χ1n) is 5.79. The molecular formula is C13H12BrF2N3. The molecule has 0 unspecified atom stereocenters. The Bertz CT molecular complexity index is 597. The Morgan fingerprint density at radius 2 is 1.79 bits per heavy atom. The van der Waals surface area contributed by atoms with Gasteiger partial charge in [-0.2, -0.15) is 0 Å². The Labute approximate surface area is 118 Å². The van der Waals surface area contributed by atoms with E-state index in [2.05, 4.69) is 25.9 Å². The van der Waals surface area contributed by atoms with Gasteiger partial charge in [0.1, 0.15) is 17.5 Å². The summed E-state index contributed by atoms with van der Waals surface area (Å²) in [4.78, 5) is 8.36. The lowest BCUT2D eigenvalue weighted by Crippen LogP contribution is -2.03. The average Bonchev–Trinajstić information content (AvgIpc) is 2.33. The summed E-state index contributed by atoms with van der Waals surface area (Å²) < 4.78 is 27.0. The van der Waals surface area contributed by atoms with Gasteiger partial charge in [-0.05, 0) is 34.5 Å². The summed E-state index contributed by atoms with van der Waals surface area (Å²) in [5, 5.41) is 0. The molecule has 19 heavy (non-hydrogen) atoms. The zero-order chi connectivity index (χ0) is 14.0. The van der Waals surface area contributed by atoms with Crippen molar-refractivity contribution in [3.8, 4) is 11.4 Å². The molecule has 0 aliphatic rings. The number of nitrogen functional groups attached to an aromatic ring is 1. The third-order valence-electron chi connectivity index (χ3n) is 2.55. The number of rotatable bonds is 3. The highest BCUT2D eigenvalue weighted by molar-refractivity contribution is 9.10. The molecule has 0 spiro atoms. The Balaban J connectivity index is 2.55. The average molecular weight is 328 g/mol. The largest absolute Gasteiger partial charge is 0.383 e. The van der Waals surface area contributed by atoms with Gasteiger partial charge in [-0.1, -0.05) is 13.3 Å². The molecule has 3 nitrogen and oxygen atoms in total. The molecule has 0 saturated heterocycles. The second kappa shape index (κ2) is 5.61. The predicted octanol–water partition coefficient (Wildman–Crippen LogP) is 3.72. The maximum absolute atomic E-state index is 13.2. The first-order chi connectivity index (χ1) is 9.01. The van der Waals surface area contributed by atoms with Crippen LogP contribution in [0.4, 0.5) is 14.6 Å². The van der Waals surface area contributed by atoms with Gasteiger partial charge >= 0.3 is 0 Å². The van der Waals surface area contributed by atoms with E-state index in [1.807, 2.05) is 6.92 Å². The highest BCUT2D eigenvalue weighted by Gasteiger charge is 2.12. The van der Waals surface area contributed by atoms with Crippen LogP contribution in [0.2, 0.25) is 0 Å². The van der Waals surface area contributed by atoms with Crippen molar-refractivity contribution in [3.63, 3.8) is 0 Å². The number of nitrogens with two attached hydrogens (primary N) is 1. The minimum atomic E-state index is -0.669. The van der Waals surface area contributed by atoms with E-state index in [-0.39, 0.29) is 17.2 Å². The minimum absolute atomic E-state index is 0.225. The summed E-state index contributed by atoms with van der Waals surface area (Å²) in [6.45, 7) is 2.01. The molecule has 0 amide bonds. The molecule has 0 fully saturated rings. The number of anilines is 1. The summed E-state index contributed by atoms with van der Waals surface area (Å²) in [6, 6.07) is 3.17. The fourth-order valence-electron chi connectivity index (χ4n) is 1.73. The standard InChI is InChI=1S/C13H12BrF2N3/c1-2-3-10-11(14)12(17)19-13(18-10)7-4-8(15)6-9(16)5-7/h4-6H,2-3H2,1H3,(H2,17,18,19). The number of nitrogens with zero attached hydrogens (tertiary/aromatic N) is 2. The van der Waals surface area contributed by atoms with E-state index < -0.39 is 11.6 Å². The highest BCUT2D eigenvalue weighted by Crippen LogP contribution is 2.26. The van der Waals surface area contributed by atoms with Crippen LogP contribution in [-0.2, 0) is 6.42 Å². The Morgan fingerprint density at radius 3 is 2.37 bits per heavy atom. The zero-order valence-corrected chi connectivity index (χ0v) is 11.8. The number of halogens is 3. The molecule has 1 heterocycles. The Morgan fingerprint density at radius 1 is 1.16 bits per heavy atom. The van der Waals surface area contributed by atoms with Gasteiger partial charge in [-0.3, -0.25) is 0 Å². The lowest BCUT2D eigenvalue weighted by molar-refractivity contribution is 0.584. The summed E-state index contributed by atoms with van der Waals surface area (Å²) >= 11 is 3.32. The maximum atomic E-state index is 13.2. The zero-order valence-electron chi connectivity index (χ0n) is 10.3. The molecule has 0 radical (unpaired) electrons. The monoisotopic (exact) mass is 327 g/mol. The fourth-order valence-corrected chi connectivity index (χ4v) is 2.10. The molecular weight excluding hydrogens is 316 g/mol. The van der Waals surface area contributed by atoms with Gasteiger partial charge in [0.2, 0.25) is 0 Å². The molecule has 0 atom stereocenters. The molecule has 1 aromatic carbocycles. The topological polar surface area (TPSA) is 51.8 Å². The van der Waals surface area contributed by atoms with Crippen LogP contribution in [0.25, 0.3) is 11.4 Å². The number of aromatic nitrogens is 2.